The molecule has 0 saturated carbocycles. The Balaban J connectivity index is 1.74. The fourth-order valence-corrected chi connectivity index (χ4v) is 3.65. The van der Waals surface area contributed by atoms with Crippen LogP contribution in [0.2, 0.25) is 0 Å². The average molecular weight is 280 g/mol. The summed E-state index contributed by atoms with van der Waals surface area (Å²) in [5.74, 6) is 0.313. The molecule has 106 valence electrons. The highest BCUT2D eigenvalue weighted by Crippen LogP contribution is 2.17. The van der Waals surface area contributed by atoms with Gasteiger partial charge < -0.3 is 10.2 Å². The van der Waals surface area contributed by atoms with Gasteiger partial charge >= 0.3 is 0 Å². The molecule has 0 aromatic carbocycles. The van der Waals surface area contributed by atoms with Gasteiger partial charge in [0, 0.05) is 41.3 Å². The van der Waals surface area contributed by atoms with Crippen molar-refractivity contribution in [3.05, 3.63) is 21.9 Å². The van der Waals surface area contributed by atoms with Crippen molar-refractivity contribution in [1.82, 2.24) is 10.2 Å². The molecule has 0 radical (unpaired) electrons. The highest BCUT2D eigenvalue weighted by molar-refractivity contribution is 7.11. The minimum Gasteiger partial charge on any atom is -0.340 e. The molecule has 1 saturated heterocycles. The molecule has 1 fully saturated rings. The number of rotatable bonds is 4. The Morgan fingerprint density at radius 2 is 2.05 bits per heavy atom. The Morgan fingerprint density at radius 1 is 1.37 bits per heavy atom. The molecule has 2 atom stereocenters. The molecule has 1 aliphatic rings. The van der Waals surface area contributed by atoms with E-state index in [1.54, 1.807) is 0 Å². The van der Waals surface area contributed by atoms with Crippen LogP contribution in [-0.4, -0.2) is 36.0 Å². The third-order valence-electron chi connectivity index (χ3n) is 3.52. The molecule has 0 spiro atoms. The molecular weight excluding hydrogens is 256 g/mol. The van der Waals surface area contributed by atoms with Crippen molar-refractivity contribution in [1.29, 1.82) is 0 Å². The summed E-state index contributed by atoms with van der Waals surface area (Å²) in [4.78, 5) is 17.0. The SMILES string of the molecule is Cc1ccc(CCCC(=O)N2C[C@@H](C)N[C@H](C)C2)s1. The van der Waals surface area contributed by atoms with Crippen molar-refractivity contribution in [2.75, 3.05) is 13.1 Å². The maximum absolute atomic E-state index is 12.2. The zero-order valence-corrected chi connectivity index (χ0v) is 12.9. The Labute approximate surface area is 120 Å². The molecule has 4 heteroatoms. The van der Waals surface area contributed by atoms with E-state index < -0.39 is 0 Å². The predicted octanol–water partition coefficient (Wildman–Crippen LogP) is 2.59. The Bertz CT molecular complexity index is 420. The monoisotopic (exact) mass is 280 g/mol. The summed E-state index contributed by atoms with van der Waals surface area (Å²) in [6.45, 7) is 8.11. The van der Waals surface area contributed by atoms with E-state index in [0.717, 1.165) is 25.9 Å². The summed E-state index contributed by atoms with van der Waals surface area (Å²) in [7, 11) is 0. The summed E-state index contributed by atoms with van der Waals surface area (Å²) >= 11 is 1.84. The number of nitrogens with zero attached hydrogens (tertiary/aromatic N) is 1. The van der Waals surface area contributed by atoms with Gasteiger partial charge in [0.1, 0.15) is 0 Å². The second-order valence-corrected chi connectivity index (χ2v) is 7.01. The van der Waals surface area contributed by atoms with E-state index in [9.17, 15) is 4.79 Å². The number of carbonyl (C=O) groups excluding carboxylic acids is 1. The maximum atomic E-state index is 12.2. The minimum absolute atomic E-state index is 0.313. The van der Waals surface area contributed by atoms with Crippen molar-refractivity contribution < 1.29 is 4.79 Å². The van der Waals surface area contributed by atoms with E-state index in [1.165, 1.54) is 9.75 Å². The smallest absolute Gasteiger partial charge is 0.222 e. The van der Waals surface area contributed by atoms with Crippen LogP contribution in [0, 0.1) is 6.92 Å². The van der Waals surface area contributed by atoms with Crippen molar-refractivity contribution >= 4 is 17.2 Å². The van der Waals surface area contributed by atoms with Gasteiger partial charge in [-0.05, 0) is 45.7 Å². The predicted molar refractivity (Wildman–Crippen MR) is 80.6 cm³/mol. The molecule has 2 heterocycles. The van der Waals surface area contributed by atoms with Crippen LogP contribution in [-0.2, 0) is 11.2 Å². The number of carbonyl (C=O) groups is 1. The lowest BCUT2D eigenvalue weighted by molar-refractivity contribution is -0.133. The van der Waals surface area contributed by atoms with Gasteiger partial charge in [0.2, 0.25) is 5.91 Å². The lowest BCUT2D eigenvalue weighted by atomic mass is 10.1. The molecule has 1 N–H and O–H groups in total. The van der Waals surface area contributed by atoms with Crippen LogP contribution in [0.4, 0.5) is 0 Å². The first-order chi connectivity index (χ1) is 9.04. The standard InChI is InChI=1S/C15H24N2OS/c1-11-9-17(10-12(2)16-11)15(18)6-4-5-14-8-7-13(3)19-14/h7-8,11-12,16H,4-6,9-10H2,1-3H3/t11-,12-/m1/s1. The van der Waals surface area contributed by atoms with Gasteiger partial charge in [0.25, 0.3) is 0 Å². The third kappa shape index (κ3) is 4.32. The fraction of sp³-hybridized carbons (Fsp3) is 0.667. The molecule has 19 heavy (non-hydrogen) atoms. The highest BCUT2D eigenvalue weighted by atomic mass is 32.1. The van der Waals surface area contributed by atoms with Crippen LogP contribution in [0.15, 0.2) is 12.1 Å². The van der Waals surface area contributed by atoms with E-state index in [0.29, 0.717) is 24.4 Å². The molecule has 1 aromatic rings. The van der Waals surface area contributed by atoms with Gasteiger partial charge in [-0.25, -0.2) is 0 Å². The van der Waals surface area contributed by atoms with Crippen LogP contribution in [0.5, 0.6) is 0 Å². The first-order valence-electron chi connectivity index (χ1n) is 7.13. The number of hydrogen-bond donors (Lipinski definition) is 1. The topological polar surface area (TPSA) is 32.3 Å². The van der Waals surface area contributed by atoms with Gasteiger partial charge in [-0.2, -0.15) is 0 Å². The zero-order valence-electron chi connectivity index (χ0n) is 12.1. The Morgan fingerprint density at radius 3 is 2.63 bits per heavy atom. The van der Waals surface area contributed by atoms with Crippen molar-refractivity contribution in [2.45, 2.75) is 52.1 Å². The van der Waals surface area contributed by atoms with Crippen LogP contribution in [0.25, 0.3) is 0 Å². The van der Waals surface area contributed by atoms with E-state index >= 15 is 0 Å². The van der Waals surface area contributed by atoms with Crippen molar-refractivity contribution in [2.24, 2.45) is 0 Å². The fourth-order valence-electron chi connectivity index (χ4n) is 2.72. The molecule has 1 aliphatic heterocycles. The number of thiophene rings is 1. The second-order valence-electron chi connectivity index (χ2n) is 5.63. The number of nitrogens with one attached hydrogen (secondary N) is 1. The Hall–Kier alpha value is -0.870. The van der Waals surface area contributed by atoms with E-state index in [4.69, 9.17) is 0 Å². The molecule has 0 bridgehead atoms. The average Bonchev–Trinajstić information content (AvgIpc) is 2.73. The number of piperazine rings is 1. The van der Waals surface area contributed by atoms with Crippen molar-refractivity contribution in [3.63, 3.8) is 0 Å². The quantitative estimate of drug-likeness (QED) is 0.919. The summed E-state index contributed by atoms with van der Waals surface area (Å²) in [6, 6.07) is 5.15. The highest BCUT2D eigenvalue weighted by Gasteiger charge is 2.24. The van der Waals surface area contributed by atoms with E-state index in [1.807, 2.05) is 16.2 Å². The second kappa shape index (κ2) is 6.53. The molecular formula is C15H24N2OS. The molecule has 0 unspecified atom stereocenters. The lowest BCUT2D eigenvalue weighted by Crippen LogP contribution is -2.55. The third-order valence-corrected chi connectivity index (χ3v) is 4.58. The molecule has 2 rings (SSSR count). The van der Waals surface area contributed by atoms with Crippen LogP contribution < -0.4 is 5.32 Å². The van der Waals surface area contributed by atoms with Crippen molar-refractivity contribution in [3.8, 4) is 0 Å². The zero-order chi connectivity index (χ0) is 13.8. The Kier molecular flexibility index (Phi) is 4.99. The van der Waals surface area contributed by atoms with Gasteiger partial charge in [-0.3, -0.25) is 4.79 Å². The number of hydrogen-bond acceptors (Lipinski definition) is 3. The van der Waals surface area contributed by atoms with Gasteiger partial charge in [0.15, 0.2) is 0 Å². The first kappa shape index (κ1) is 14.5. The summed E-state index contributed by atoms with van der Waals surface area (Å²) in [5, 5.41) is 3.46. The largest absolute Gasteiger partial charge is 0.340 e. The number of aryl methyl sites for hydroxylation is 2. The van der Waals surface area contributed by atoms with Gasteiger partial charge in [0.05, 0.1) is 0 Å². The number of amides is 1. The summed E-state index contributed by atoms with van der Waals surface area (Å²) in [6.07, 6.45) is 2.67. The summed E-state index contributed by atoms with van der Waals surface area (Å²) in [5.41, 5.74) is 0. The maximum Gasteiger partial charge on any atom is 0.222 e. The van der Waals surface area contributed by atoms with Gasteiger partial charge in [-0.15, -0.1) is 11.3 Å². The molecule has 3 nitrogen and oxygen atoms in total. The molecule has 1 aromatic heterocycles. The van der Waals surface area contributed by atoms with Gasteiger partial charge in [-0.1, -0.05) is 0 Å². The minimum atomic E-state index is 0.313. The van der Waals surface area contributed by atoms with E-state index in [-0.39, 0.29) is 0 Å². The lowest BCUT2D eigenvalue weighted by Gasteiger charge is -2.36. The van der Waals surface area contributed by atoms with Crippen LogP contribution in [0.1, 0.15) is 36.4 Å². The van der Waals surface area contributed by atoms with E-state index in [2.05, 4.69) is 38.2 Å². The molecule has 1 amide bonds. The van der Waals surface area contributed by atoms with Crippen LogP contribution in [0.3, 0.4) is 0 Å². The van der Waals surface area contributed by atoms with Crippen LogP contribution >= 0.6 is 11.3 Å². The summed E-state index contributed by atoms with van der Waals surface area (Å²) < 4.78 is 0. The first-order valence-corrected chi connectivity index (χ1v) is 7.95. The normalized spacial score (nSPS) is 23.6. The molecule has 0 aliphatic carbocycles.